The lowest BCUT2D eigenvalue weighted by Gasteiger charge is -2.24. The summed E-state index contributed by atoms with van der Waals surface area (Å²) in [6.07, 6.45) is 9.59. The summed E-state index contributed by atoms with van der Waals surface area (Å²) in [7, 11) is 0. The van der Waals surface area contributed by atoms with E-state index in [2.05, 4.69) is 11.0 Å². The van der Waals surface area contributed by atoms with Crippen molar-refractivity contribution in [2.24, 2.45) is 0 Å². The molecule has 2 aliphatic rings. The number of allylic oxidation sites excluding steroid dienone is 1. The second-order valence-electron chi connectivity index (χ2n) is 3.71. The highest BCUT2D eigenvalue weighted by Crippen LogP contribution is 2.14. The van der Waals surface area contributed by atoms with Crippen LogP contribution in [0.1, 0.15) is 25.7 Å². The summed E-state index contributed by atoms with van der Waals surface area (Å²) in [5, 5.41) is 0. The molecule has 1 fully saturated rings. The molecule has 2 heteroatoms. The molecule has 0 saturated carbocycles. The highest BCUT2D eigenvalue weighted by atomic mass is 16.5. The molecule has 2 rings (SSSR count). The molecule has 1 atom stereocenters. The van der Waals surface area contributed by atoms with Gasteiger partial charge in [0.2, 0.25) is 0 Å². The Kier molecular flexibility index (Phi) is 2.67. The quantitative estimate of drug-likeness (QED) is 0.621. The van der Waals surface area contributed by atoms with Gasteiger partial charge in [-0.3, -0.25) is 4.90 Å². The van der Waals surface area contributed by atoms with Crippen LogP contribution in [0.5, 0.6) is 0 Å². The van der Waals surface area contributed by atoms with Gasteiger partial charge in [-0.25, -0.2) is 0 Å². The maximum atomic E-state index is 5.52. The monoisotopic (exact) mass is 167 g/mol. The number of rotatable bonds is 2. The Hall–Kier alpha value is -0.500. The molecule has 2 heterocycles. The Morgan fingerprint density at radius 1 is 1.33 bits per heavy atom. The Labute approximate surface area is 74.2 Å². The molecular weight excluding hydrogens is 150 g/mol. The molecule has 0 amide bonds. The zero-order valence-electron chi connectivity index (χ0n) is 7.54. The van der Waals surface area contributed by atoms with Crippen molar-refractivity contribution in [2.45, 2.75) is 31.8 Å². The minimum Gasteiger partial charge on any atom is -0.497 e. The van der Waals surface area contributed by atoms with Gasteiger partial charge in [-0.05, 0) is 44.8 Å². The Morgan fingerprint density at radius 2 is 2.17 bits per heavy atom. The van der Waals surface area contributed by atoms with Crippen LogP contribution in [0, 0.1) is 0 Å². The van der Waals surface area contributed by atoms with Crippen molar-refractivity contribution in [1.82, 2.24) is 4.90 Å². The molecule has 0 spiro atoms. The Morgan fingerprint density at radius 3 is 2.83 bits per heavy atom. The normalized spacial score (nSPS) is 30.5. The molecule has 1 saturated heterocycles. The van der Waals surface area contributed by atoms with Crippen LogP contribution >= 0.6 is 0 Å². The topological polar surface area (TPSA) is 12.5 Å². The molecule has 0 aromatic rings. The maximum absolute atomic E-state index is 5.52. The third-order valence-electron chi connectivity index (χ3n) is 2.68. The predicted octanol–water partition coefficient (Wildman–Crippen LogP) is 1.77. The average molecular weight is 167 g/mol. The van der Waals surface area contributed by atoms with Crippen LogP contribution in [-0.2, 0) is 4.74 Å². The summed E-state index contributed by atoms with van der Waals surface area (Å²) in [5.74, 6) is 0. The molecule has 2 aliphatic heterocycles. The molecule has 12 heavy (non-hydrogen) atoms. The first-order valence-electron chi connectivity index (χ1n) is 4.98. The lowest BCUT2D eigenvalue weighted by molar-refractivity contribution is 0.0876. The second kappa shape index (κ2) is 3.94. The van der Waals surface area contributed by atoms with E-state index in [4.69, 9.17) is 4.74 Å². The molecule has 0 N–H and O–H groups in total. The van der Waals surface area contributed by atoms with Crippen LogP contribution < -0.4 is 0 Å². The Bertz CT molecular complexity index is 161. The number of nitrogens with zero attached hydrogens (tertiary/aromatic N) is 1. The van der Waals surface area contributed by atoms with Gasteiger partial charge in [0.05, 0.1) is 6.26 Å². The molecule has 0 bridgehead atoms. The first kappa shape index (κ1) is 8.11. The van der Waals surface area contributed by atoms with Gasteiger partial charge >= 0.3 is 0 Å². The summed E-state index contributed by atoms with van der Waals surface area (Å²) < 4.78 is 5.52. The van der Waals surface area contributed by atoms with Crippen LogP contribution in [0.3, 0.4) is 0 Å². The molecular formula is C10H17NO. The summed E-state index contributed by atoms with van der Waals surface area (Å²) >= 11 is 0. The van der Waals surface area contributed by atoms with Gasteiger partial charge in [0.1, 0.15) is 6.10 Å². The summed E-state index contributed by atoms with van der Waals surface area (Å²) in [5.41, 5.74) is 0. The fourth-order valence-electron chi connectivity index (χ4n) is 1.97. The van der Waals surface area contributed by atoms with Crippen molar-refractivity contribution in [3.05, 3.63) is 12.3 Å². The van der Waals surface area contributed by atoms with Crippen LogP contribution in [0.25, 0.3) is 0 Å². The highest BCUT2D eigenvalue weighted by Gasteiger charge is 2.18. The Balaban J connectivity index is 1.74. The molecule has 0 aliphatic carbocycles. The van der Waals surface area contributed by atoms with E-state index in [0.717, 1.165) is 6.54 Å². The first-order valence-corrected chi connectivity index (χ1v) is 4.98. The number of hydrogen-bond acceptors (Lipinski definition) is 2. The van der Waals surface area contributed by atoms with Crippen molar-refractivity contribution in [3.8, 4) is 0 Å². The zero-order valence-corrected chi connectivity index (χ0v) is 7.54. The van der Waals surface area contributed by atoms with Crippen molar-refractivity contribution in [3.63, 3.8) is 0 Å². The molecule has 68 valence electrons. The standard InChI is InChI=1S/C10H17NO/c1-4-8-12-10(5-1)9-11-6-2-3-7-11/h4,8,10H,1-3,5-7,9H2. The molecule has 0 aromatic heterocycles. The van der Waals surface area contributed by atoms with Gasteiger partial charge in [-0.1, -0.05) is 0 Å². The first-order chi connectivity index (χ1) is 5.95. The highest BCUT2D eigenvalue weighted by molar-refractivity contribution is 4.84. The van der Waals surface area contributed by atoms with E-state index in [1.165, 1.54) is 38.8 Å². The molecule has 0 radical (unpaired) electrons. The third-order valence-corrected chi connectivity index (χ3v) is 2.68. The van der Waals surface area contributed by atoms with Gasteiger partial charge in [-0.15, -0.1) is 0 Å². The predicted molar refractivity (Wildman–Crippen MR) is 48.9 cm³/mol. The third kappa shape index (κ3) is 2.01. The van der Waals surface area contributed by atoms with Gasteiger partial charge < -0.3 is 4.74 Å². The van der Waals surface area contributed by atoms with Gasteiger partial charge in [0.15, 0.2) is 0 Å². The van der Waals surface area contributed by atoms with E-state index in [-0.39, 0.29) is 0 Å². The van der Waals surface area contributed by atoms with Gasteiger partial charge in [0.25, 0.3) is 0 Å². The average Bonchev–Trinajstić information content (AvgIpc) is 2.59. The van der Waals surface area contributed by atoms with E-state index in [1.54, 1.807) is 0 Å². The van der Waals surface area contributed by atoms with Crippen LogP contribution in [-0.4, -0.2) is 30.6 Å². The van der Waals surface area contributed by atoms with Crippen molar-refractivity contribution < 1.29 is 4.74 Å². The van der Waals surface area contributed by atoms with Crippen molar-refractivity contribution in [2.75, 3.05) is 19.6 Å². The van der Waals surface area contributed by atoms with Gasteiger partial charge in [-0.2, -0.15) is 0 Å². The van der Waals surface area contributed by atoms with E-state index in [0.29, 0.717) is 6.10 Å². The lowest BCUT2D eigenvalue weighted by atomic mass is 10.1. The zero-order chi connectivity index (χ0) is 8.23. The molecule has 0 aromatic carbocycles. The van der Waals surface area contributed by atoms with E-state index in [1.807, 2.05) is 6.26 Å². The van der Waals surface area contributed by atoms with Crippen molar-refractivity contribution in [1.29, 1.82) is 0 Å². The molecule has 2 nitrogen and oxygen atoms in total. The molecule has 1 unspecified atom stereocenters. The lowest BCUT2D eigenvalue weighted by Crippen LogP contribution is -2.31. The van der Waals surface area contributed by atoms with E-state index < -0.39 is 0 Å². The summed E-state index contributed by atoms with van der Waals surface area (Å²) in [6.45, 7) is 3.71. The largest absolute Gasteiger partial charge is 0.497 e. The summed E-state index contributed by atoms with van der Waals surface area (Å²) in [4.78, 5) is 2.52. The van der Waals surface area contributed by atoms with E-state index >= 15 is 0 Å². The van der Waals surface area contributed by atoms with Crippen molar-refractivity contribution >= 4 is 0 Å². The smallest absolute Gasteiger partial charge is 0.111 e. The van der Waals surface area contributed by atoms with Crippen LogP contribution in [0.2, 0.25) is 0 Å². The van der Waals surface area contributed by atoms with E-state index in [9.17, 15) is 0 Å². The minimum absolute atomic E-state index is 0.466. The summed E-state index contributed by atoms with van der Waals surface area (Å²) in [6, 6.07) is 0. The SMILES string of the molecule is C1=COC(CN2CCCC2)CC1. The number of hydrogen-bond donors (Lipinski definition) is 0. The van der Waals surface area contributed by atoms with Gasteiger partial charge in [0, 0.05) is 6.54 Å². The fourth-order valence-corrected chi connectivity index (χ4v) is 1.97. The second-order valence-corrected chi connectivity index (χ2v) is 3.71. The maximum Gasteiger partial charge on any atom is 0.111 e. The number of ether oxygens (including phenoxy) is 1. The minimum atomic E-state index is 0.466. The number of likely N-dealkylation sites (tertiary alicyclic amines) is 1. The van der Waals surface area contributed by atoms with Crippen LogP contribution in [0.15, 0.2) is 12.3 Å². The fraction of sp³-hybridized carbons (Fsp3) is 0.800. The van der Waals surface area contributed by atoms with Crippen LogP contribution in [0.4, 0.5) is 0 Å².